The zero-order valence-corrected chi connectivity index (χ0v) is 18.5. The van der Waals surface area contributed by atoms with E-state index in [-0.39, 0.29) is 12.1 Å². The third-order valence-electron chi connectivity index (χ3n) is 5.36. The van der Waals surface area contributed by atoms with Gasteiger partial charge in [0.05, 0.1) is 12.1 Å². The lowest BCUT2D eigenvalue weighted by atomic mass is 10.1. The minimum atomic E-state index is -0.424. The Morgan fingerprint density at radius 1 is 1.12 bits per heavy atom. The molecule has 8 heteroatoms. The van der Waals surface area contributed by atoms with Gasteiger partial charge in [-0.2, -0.15) is 15.0 Å². The van der Waals surface area contributed by atoms with Crippen LogP contribution in [0.15, 0.2) is 54.6 Å². The standard InChI is InChI=1S/C24H27N5O3/c1-4-20-15-32-24(30)29(20)23-27-17(3)26-22(28-23)25-16(2)19-10-12-21(13-11-19)31-14-18-8-6-5-7-9-18/h5-13,16,20H,4,14-15H2,1-3H3,(H,25,26,27,28)/t16?,20-/m0/s1. The molecular formula is C24H27N5O3. The van der Waals surface area contributed by atoms with Crippen LogP contribution in [-0.2, 0) is 11.3 Å². The highest BCUT2D eigenvalue weighted by Crippen LogP contribution is 2.24. The highest BCUT2D eigenvalue weighted by Gasteiger charge is 2.35. The molecule has 4 rings (SSSR count). The van der Waals surface area contributed by atoms with Crippen LogP contribution in [0.3, 0.4) is 0 Å². The van der Waals surface area contributed by atoms with Gasteiger partial charge >= 0.3 is 6.09 Å². The van der Waals surface area contributed by atoms with E-state index in [4.69, 9.17) is 9.47 Å². The van der Waals surface area contributed by atoms with Gasteiger partial charge in [-0.1, -0.05) is 49.4 Å². The summed E-state index contributed by atoms with van der Waals surface area (Å²) in [6.07, 6.45) is 0.335. The van der Waals surface area contributed by atoms with Crippen LogP contribution in [0.4, 0.5) is 16.7 Å². The summed E-state index contributed by atoms with van der Waals surface area (Å²) >= 11 is 0. The van der Waals surface area contributed by atoms with Gasteiger partial charge in [0.25, 0.3) is 0 Å². The van der Waals surface area contributed by atoms with Crippen LogP contribution >= 0.6 is 0 Å². The quantitative estimate of drug-likeness (QED) is 0.552. The normalized spacial score (nSPS) is 16.5. The van der Waals surface area contributed by atoms with E-state index in [0.29, 0.717) is 30.9 Å². The lowest BCUT2D eigenvalue weighted by molar-refractivity contribution is 0.178. The second-order valence-electron chi connectivity index (χ2n) is 7.72. The van der Waals surface area contributed by atoms with Gasteiger partial charge in [0, 0.05) is 0 Å². The Hall–Kier alpha value is -3.68. The Morgan fingerprint density at radius 2 is 1.88 bits per heavy atom. The smallest absolute Gasteiger partial charge is 0.417 e. The summed E-state index contributed by atoms with van der Waals surface area (Å²) in [6.45, 7) is 6.68. The van der Waals surface area contributed by atoms with Crippen molar-refractivity contribution in [3.8, 4) is 5.75 Å². The van der Waals surface area contributed by atoms with Gasteiger partial charge in [-0.25, -0.2) is 9.69 Å². The van der Waals surface area contributed by atoms with Crippen molar-refractivity contribution in [3.05, 3.63) is 71.5 Å². The van der Waals surface area contributed by atoms with E-state index in [2.05, 4.69) is 20.3 Å². The molecule has 2 heterocycles. The zero-order chi connectivity index (χ0) is 22.5. The molecule has 3 aromatic rings. The summed E-state index contributed by atoms with van der Waals surface area (Å²) in [6, 6.07) is 17.9. The van der Waals surface area contributed by atoms with Gasteiger partial charge in [0.1, 0.15) is 24.8 Å². The Bertz CT molecular complexity index is 1060. The molecule has 1 aliphatic rings. The number of amides is 1. The maximum atomic E-state index is 12.2. The lowest BCUT2D eigenvalue weighted by Gasteiger charge is -2.20. The number of carbonyl (C=O) groups is 1. The van der Waals surface area contributed by atoms with Gasteiger partial charge in [0.2, 0.25) is 11.9 Å². The Morgan fingerprint density at radius 3 is 2.59 bits per heavy atom. The topological polar surface area (TPSA) is 89.5 Å². The fraction of sp³-hybridized carbons (Fsp3) is 0.333. The van der Waals surface area contributed by atoms with Crippen LogP contribution in [0.25, 0.3) is 0 Å². The second kappa shape index (κ2) is 9.64. The number of anilines is 2. The third kappa shape index (κ3) is 4.96. The Labute approximate surface area is 187 Å². The molecule has 1 amide bonds. The van der Waals surface area contributed by atoms with E-state index in [1.807, 2.05) is 68.4 Å². The fourth-order valence-corrected chi connectivity index (χ4v) is 3.52. The minimum absolute atomic E-state index is 0.0553. The molecule has 1 saturated heterocycles. The van der Waals surface area contributed by atoms with Crippen LogP contribution in [0.1, 0.15) is 43.3 Å². The predicted octanol–water partition coefficient (Wildman–Crippen LogP) is 4.67. The Balaban J connectivity index is 1.43. The molecule has 8 nitrogen and oxygen atoms in total. The molecule has 1 aromatic heterocycles. The first kappa shape index (κ1) is 21.5. The third-order valence-corrected chi connectivity index (χ3v) is 5.36. The molecule has 0 bridgehead atoms. The van der Waals surface area contributed by atoms with Gasteiger partial charge in [0.15, 0.2) is 0 Å². The van der Waals surface area contributed by atoms with E-state index < -0.39 is 6.09 Å². The highest BCUT2D eigenvalue weighted by molar-refractivity contribution is 5.88. The van der Waals surface area contributed by atoms with Crippen LogP contribution in [0, 0.1) is 6.92 Å². The number of aromatic nitrogens is 3. The molecule has 1 unspecified atom stereocenters. The van der Waals surface area contributed by atoms with Crippen molar-refractivity contribution in [2.45, 2.75) is 45.9 Å². The van der Waals surface area contributed by atoms with Crippen molar-refractivity contribution in [2.75, 3.05) is 16.8 Å². The van der Waals surface area contributed by atoms with Crippen LogP contribution in [0.2, 0.25) is 0 Å². The highest BCUT2D eigenvalue weighted by atomic mass is 16.6. The first-order valence-electron chi connectivity index (χ1n) is 10.8. The van der Waals surface area contributed by atoms with Gasteiger partial charge in [-0.3, -0.25) is 0 Å². The van der Waals surface area contributed by atoms with Crippen molar-refractivity contribution in [1.29, 1.82) is 0 Å². The largest absolute Gasteiger partial charge is 0.489 e. The molecule has 32 heavy (non-hydrogen) atoms. The van der Waals surface area contributed by atoms with Crippen molar-refractivity contribution in [1.82, 2.24) is 15.0 Å². The minimum Gasteiger partial charge on any atom is -0.489 e. The molecule has 1 aliphatic heterocycles. The number of rotatable bonds is 8. The summed E-state index contributed by atoms with van der Waals surface area (Å²) in [7, 11) is 0. The first-order chi connectivity index (χ1) is 15.5. The van der Waals surface area contributed by atoms with Crippen molar-refractivity contribution < 1.29 is 14.3 Å². The molecule has 1 N–H and O–H groups in total. The molecule has 2 atom stereocenters. The summed E-state index contributed by atoms with van der Waals surface area (Å²) in [5.74, 6) is 2.07. The van der Waals surface area contributed by atoms with E-state index in [1.54, 1.807) is 6.92 Å². The predicted molar refractivity (Wildman–Crippen MR) is 122 cm³/mol. The molecule has 166 valence electrons. The SMILES string of the molecule is CC[C@H]1COC(=O)N1c1nc(C)nc(NC(C)c2ccc(OCc3ccccc3)cc2)n1. The molecular weight excluding hydrogens is 406 g/mol. The second-order valence-corrected chi connectivity index (χ2v) is 7.72. The summed E-state index contributed by atoms with van der Waals surface area (Å²) in [5, 5.41) is 3.31. The van der Waals surface area contributed by atoms with E-state index in [9.17, 15) is 4.79 Å². The van der Waals surface area contributed by atoms with E-state index >= 15 is 0 Å². The molecule has 1 fully saturated rings. The monoisotopic (exact) mass is 433 g/mol. The molecule has 0 saturated carbocycles. The van der Waals surface area contributed by atoms with Gasteiger partial charge in [-0.15, -0.1) is 0 Å². The maximum absolute atomic E-state index is 12.2. The number of carbonyl (C=O) groups excluding carboxylic acids is 1. The van der Waals surface area contributed by atoms with Gasteiger partial charge in [-0.05, 0) is 43.5 Å². The van der Waals surface area contributed by atoms with Crippen molar-refractivity contribution in [3.63, 3.8) is 0 Å². The van der Waals surface area contributed by atoms with E-state index in [0.717, 1.165) is 23.3 Å². The molecule has 0 aliphatic carbocycles. The summed E-state index contributed by atoms with van der Waals surface area (Å²) in [4.78, 5) is 26.9. The number of ether oxygens (including phenoxy) is 2. The van der Waals surface area contributed by atoms with E-state index in [1.165, 1.54) is 4.90 Å². The average Bonchev–Trinajstić information content (AvgIpc) is 3.19. The fourth-order valence-electron chi connectivity index (χ4n) is 3.52. The number of hydrogen-bond acceptors (Lipinski definition) is 7. The van der Waals surface area contributed by atoms with Crippen molar-refractivity contribution >= 4 is 18.0 Å². The zero-order valence-electron chi connectivity index (χ0n) is 18.5. The lowest BCUT2D eigenvalue weighted by Crippen LogP contribution is -2.34. The molecule has 2 aromatic carbocycles. The number of benzene rings is 2. The number of cyclic esters (lactones) is 1. The number of nitrogens with one attached hydrogen (secondary N) is 1. The number of hydrogen-bond donors (Lipinski definition) is 1. The van der Waals surface area contributed by atoms with Crippen LogP contribution < -0.4 is 15.0 Å². The number of nitrogens with zero attached hydrogens (tertiary/aromatic N) is 4. The summed E-state index contributed by atoms with van der Waals surface area (Å²) < 4.78 is 11.0. The number of aryl methyl sites for hydroxylation is 1. The van der Waals surface area contributed by atoms with Crippen LogP contribution in [0.5, 0.6) is 5.75 Å². The van der Waals surface area contributed by atoms with Crippen molar-refractivity contribution in [2.24, 2.45) is 0 Å². The Kier molecular flexibility index (Phi) is 6.49. The summed E-state index contributed by atoms with van der Waals surface area (Å²) in [5.41, 5.74) is 2.18. The first-order valence-corrected chi connectivity index (χ1v) is 10.8. The molecule has 0 spiro atoms. The average molecular weight is 434 g/mol. The van der Waals surface area contributed by atoms with Crippen LogP contribution in [-0.4, -0.2) is 33.7 Å². The molecule has 0 radical (unpaired) electrons. The maximum Gasteiger partial charge on any atom is 0.417 e. The van der Waals surface area contributed by atoms with Gasteiger partial charge < -0.3 is 14.8 Å².